The molecule has 1 saturated heterocycles. The van der Waals surface area contributed by atoms with Gasteiger partial charge in [0.05, 0.1) is 11.5 Å². The lowest BCUT2D eigenvalue weighted by atomic mass is 10.1. The van der Waals surface area contributed by atoms with Crippen LogP contribution in [0.15, 0.2) is 70.9 Å². The fourth-order valence-corrected chi connectivity index (χ4v) is 4.54. The van der Waals surface area contributed by atoms with Crippen molar-refractivity contribution >= 4 is 40.5 Å². The minimum absolute atomic E-state index is 0.0331. The zero-order valence-corrected chi connectivity index (χ0v) is 18.4. The quantitative estimate of drug-likeness (QED) is 0.438. The van der Waals surface area contributed by atoms with E-state index in [1.807, 2.05) is 65.2 Å². The Bertz CT molecular complexity index is 1100. The average molecular weight is 453 g/mol. The van der Waals surface area contributed by atoms with E-state index in [2.05, 4.69) is 20.7 Å². The van der Waals surface area contributed by atoms with Crippen molar-refractivity contribution in [3.05, 3.63) is 72.1 Å². The molecule has 0 aliphatic carbocycles. The smallest absolute Gasteiger partial charge is 0.250 e. The summed E-state index contributed by atoms with van der Waals surface area (Å²) in [5.41, 5.74) is 4.57. The SMILES string of the molecule is CN1C(=O)CS/C1=N\NC(=O)CSc1nnc(Cc2ccccc2)n1-c1ccccc1. The number of hydrogen-bond acceptors (Lipinski definition) is 7. The van der Waals surface area contributed by atoms with Crippen molar-refractivity contribution in [2.75, 3.05) is 18.6 Å². The number of carbonyl (C=O) groups is 2. The third kappa shape index (κ3) is 5.15. The van der Waals surface area contributed by atoms with Crippen molar-refractivity contribution in [3.63, 3.8) is 0 Å². The minimum Gasteiger partial charge on any atom is -0.292 e. The first-order valence-electron chi connectivity index (χ1n) is 9.54. The molecule has 10 heteroatoms. The molecule has 2 heterocycles. The summed E-state index contributed by atoms with van der Waals surface area (Å²) in [5, 5.41) is 13.9. The summed E-state index contributed by atoms with van der Waals surface area (Å²) in [6.45, 7) is 0. The number of nitrogens with one attached hydrogen (secondary N) is 1. The van der Waals surface area contributed by atoms with Crippen LogP contribution in [0.25, 0.3) is 5.69 Å². The fraction of sp³-hybridized carbons (Fsp3) is 0.190. The van der Waals surface area contributed by atoms with Gasteiger partial charge in [-0.15, -0.1) is 15.3 Å². The van der Waals surface area contributed by atoms with Gasteiger partial charge in [0, 0.05) is 19.2 Å². The van der Waals surface area contributed by atoms with Gasteiger partial charge >= 0.3 is 0 Å². The van der Waals surface area contributed by atoms with Gasteiger partial charge < -0.3 is 0 Å². The number of amides is 2. The molecular weight excluding hydrogens is 432 g/mol. The first-order valence-corrected chi connectivity index (χ1v) is 11.5. The number of aromatic nitrogens is 3. The Morgan fingerprint density at radius 2 is 1.84 bits per heavy atom. The molecule has 1 N–H and O–H groups in total. The summed E-state index contributed by atoms with van der Waals surface area (Å²) in [4.78, 5) is 25.3. The van der Waals surface area contributed by atoms with Crippen molar-refractivity contribution in [1.29, 1.82) is 0 Å². The van der Waals surface area contributed by atoms with Crippen molar-refractivity contribution < 1.29 is 9.59 Å². The first-order chi connectivity index (χ1) is 15.1. The van der Waals surface area contributed by atoms with E-state index in [1.54, 1.807) is 7.05 Å². The van der Waals surface area contributed by atoms with E-state index in [0.29, 0.717) is 22.5 Å². The second-order valence-corrected chi connectivity index (χ2v) is 8.58. The van der Waals surface area contributed by atoms with E-state index in [-0.39, 0.29) is 17.6 Å². The zero-order valence-electron chi connectivity index (χ0n) is 16.8. The Kier molecular flexibility index (Phi) is 6.68. The van der Waals surface area contributed by atoms with E-state index in [0.717, 1.165) is 17.1 Å². The molecule has 2 aromatic carbocycles. The Morgan fingerprint density at radius 3 is 2.52 bits per heavy atom. The van der Waals surface area contributed by atoms with Gasteiger partial charge in [0.1, 0.15) is 5.82 Å². The van der Waals surface area contributed by atoms with Gasteiger partial charge in [0.2, 0.25) is 5.91 Å². The van der Waals surface area contributed by atoms with Gasteiger partial charge in [-0.05, 0) is 17.7 Å². The molecule has 8 nitrogen and oxygen atoms in total. The maximum Gasteiger partial charge on any atom is 0.250 e. The van der Waals surface area contributed by atoms with Crippen LogP contribution >= 0.6 is 23.5 Å². The number of carbonyl (C=O) groups excluding carboxylic acids is 2. The molecule has 2 amide bonds. The van der Waals surface area contributed by atoms with Gasteiger partial charge in [-0.3, -0.25) is 19.1 Å². The maximum absolute atomic E-state index is 12.3. The second kappa shape index (κ2) is 9.80. The normalized spacial score (nSPS) is 14.9. The molecule has 1 aliphatic heterocycles. The predicted molar refractivity (Wildman–Crippen MR) is 122 cm³/mol. The molecule has 0 bridgehead atoms. The Hall–Kier alpha value is -3.11. The molecule has 0 radical (unpaired) electrons. The van der Waals surface area contributed by atoms with E-state index in [9.17, 15) is 9.59 Å². The Morgan fingerprint density at radius 1 is 1.13 bits per heavy atom. The largest absolute Gasteiger partial charge is 0.292 e. The number of para-hydroxylation sites is 1. The van der Waals surface area contributed by atoms with E-state index < -0.39 is 0 Å². The lowest BCUT2D eigenvalue weighted by Crippen LogP contribution is -2.28. The minimum atomic E-state index is -0.280. The predicted octanol–water partition coefficient (Wildman–Crippen LogP) is 2.54. The summed E-state index contributed by atoms with van der Waals surface area (Å²) in [6, 6.07) is 19.9. The number of benzene rings is 2. The average Bonchev–Trinajstić information content (AvgIpc) is 3.35. The van der Waals surface area contributed by atoms with Crippen molar-refractivity contribution in [1.82, 2.24) is 25.1 Å². The molecule has 0 unspecified atom stereocenters. The number of rotatable bonds is 7. The zero-order chi connectivity index (χ0) is 21.6. The monoisotopic (exact) mass is 452 g/mol. The van der Waals surface area contributed by atoms with Crippen molar-refractivity contribution in [3.8, 4) is 5.69 Å². The summed E-state index contributed by atoms with van der Waals surface area (Å²) in [6.07, 6.45) is 0.626. The van der Waals surface area contributed by atoms with Crippen LogP contribution in [0.2, 0.25) is 0 Å². The number of nitrogens with zero attached hydrogens (tertiary/aromatic N) is 5. The van der Waals surface area contributed by atoms with Gasteiger partial charge in [0.15, 0.2) is 10.3 Å². The van der Waals surface area contributed by atoms with Crippen LogP contribution < -0.4 is 5.43 Å². The third-order valence-electron chi connectivity index (χ3n) is 4.51. The first kappa shape index (κ1) is 21.1. The molecular formula is C21H20N6O2S2. The number of thioether (sulfide) groups is 2. The molecule has 0 spiro atoms. The van der Waals surface area contributed by atoms with Gasteiger partial charge in [-0.2, -0.15) is 0 Å². The van der Waals surface area contributed by atoms with Crippen LogP contribution in [0.1, 0.15) is 11.4 Å². The molecule has 1 fully saturated rings. The molecule has 0 saturated carbocycles. The van der Waals surface area contributed by atoms with Crippen LogP contribution in [0, 0.1) is 0 Å². The summed E-state index contributed by atoms with van der Waals surface area (Å²) >= 11 is 2.58. The molecule has 1 aliphatic rings. The Labute approximate surface area is 188 Å². The van der Waals surface area contributed by atoms with Crippen LogP contribution in [0.4, 0.5) is 0 Å². The van der Waals surface area contributed by atoms with Gasteiger partial charge in [-0.1, -0.05) is 72.1 Å². The standard InChI is InChI=1S/C21H20N6O2S2/c1-26-19(29)14-31-20(26)24-23-18(28)13-30-21-25-22-17(12-15-8-4-2-5-9-15)27(21)16-10-6-3-7-11-16/h2-11H,12-14H2,1H3,(H,23,28)/b24-20-. The summed E-state index contributed by atoms with van der Waals surface area (Å²) < 4.78 is 1.97. The van der Waals surface area contributed by atoms with Crippen LogP contribution in [0.5, 0.6) is 0 Å². The molecule has 31 heavy (non-hydrogen) atoms. The maximum atomic E-state index is 12.3. The molecule has 1 aromatic heterocycles. The van der Waals surface area contributed by atoms with Gasteiger partial charge in [-0.25, -0.2) is 5.43 Å². The summed E-state index contributed by atoms with van der Waals surface area (Å²) in [5.74, 6) is 0.940. The van der Waals surface area contributed by atoms with Crippen molar-refractivity contribution in [2.24, 2.45) is 5.10 Å². The van der Waals surface area contributed by atoms with Crippen molar-refractivity contribution in [2.45, 2.75) is 11.6 Å². The van der Waals surface area contributed by atoms with Crippen LogP contribution in [-0.2, 0) is 16.0 Å². The second-order valence-electron chi connectivity index (χ2n) is 6.69. The lowest BCUT2D eigenvalue weighted by molar-refractivity contribution is -0.123. The molecule has 4 rings (SSSR count). The molecule has 3 aromatic rings. The highest BCUT2D eigenvalue weighted by Gasteiger charge is 2.24. The highest BCUT2D eigenvalue weighted by Crippen LogP contribution is 2.23. The summed E-state index contributed by atoms with van der Waals surface area (Å²) in [7, 11) is 1.64. The van der Waals surface area contributed by atoms with Crippen LogP contribution in [0.3, 0.4) is 0 Å². The fourth-order valence-electron chi connectivity index (χ4n) is 2.93. The molecule has 0 atom stereocenters. The van der Waals surface area contributed by atoms with E-state index in [1.165, 1.54) is 28.4 Å². The van der Waals surface area contributed by atoms with Gasteiger partial charge in [0.25, 0.3) is 5.91 Å². The number of amidine groups is 1. The number of hydrogen-bond donors (Lipinski definition) is 1. The number of hydrazone groups is 1. The third-order valence-corrected chi connectivity index (χ3v) is 6.46. The van der Waals surface area contributed by atoms with E-state index >= 15 is 0 Å². The highest BCUT2D eigenvalue weighted by molar-refractivity contribution is 8.15. The lowest BCUT2D eigenvalue weighted by Gasteiger charge is -2.10. The van der Waals surface area contributed by atoms with E-state index in [4.69, 9.17) is 0 Å². The topological polar surface area (TPSA) is 92.5 Å². The highest BCUT2D eigenvalue weighted by atomic mass is 32.2. The van der Waals surface area contributed by atoms with Crippen LogP contribution in [-0.4, -0.2) is 55.2 Å². The molecule has 158 valence electrons. The Balaban J connectivity index is 1.48.